The summed E-state index contributed by atoms with van der Waals surface area (Å²) in [5, 5.41) is 13.7. The number of aromatic nitrogens is 1. The quantitative estimate of drug-likeness (QED) is 0.917. The first-order valence-corrected chi connectivity index (χ1v) is 6.97. The number of hydrogen-bond acceptors (Lipinski definition) is 3. The first-order chi connectivity index (χ1) is 8.38. The Labute approximate surface area is 112 Å². The Balaban J connectivity index is 2.32. The Morgan fingerprint density at radius 1 is 1.28 bits per heavy atom. The molecule has 0 amide bonds. The molecule has 0 radical (unpaired) electrons. The zero-order valence-corrected chi connectivity index (χ0v) is 12.1. The van der Waals surface area contributed by atoms with Crippen LogP contribution in [-0.2, 0) is 12.0 Å². The minimum Gasteiger partial charge on any atom is -0.385 e. The zero-order valence-electron chi connectivity index (χ0n) is 11.3. The van der Waals surface area contributed by atoms with Crippen molar-refractivity contribution >= 4 is 11.3 Å². The largest absolute Gasteiger partial charge is 0.385 e. The third-order valence-corrected chi connectivity index (χ3v) is 4.10. The van der Waals surface area contributed by atoms with Gasteiger partial charge in [0.05, 0.1) is 10.6 Å². The topological polar surface area (TPSA) is 33.1 Å². The molecule has 0 saturated heterocycles. The van der Waals surface area contributed by atoms with E-state index in [0.29, 0.717) is 6.42 Å². The molecule has 0 aliphatic heterocycles. The van der Waals surface area contributed by atoms with Gasteiger partial charge in [-0.1, -0.05) is 23.8 Å². The van der Waals surface area contributed by atoms with E-state index < -0.39 is 5.60 Å². The highest BCUT2D eigenvalue weighted by Gasteiger charge is 2.26. The lowest BCUT2D eigenvalue weighted by Gasteiger charge is -2.25. The maximum Gasteiger partial charge on any atom is 0.0960 e. The van der Waals surface area contributed by atoms with E-state index in [9.17, 15) is 5.11 Å². The first-order valence-electron chi connectivity index (χ1n) is 6.09. The van der Waals surface area contributed by atoms with Crippen LogP contribution in [0.25, 0.3) is 0 Å². The molecule has 1 N–H and O–H groups in total. The second-order valence-corrected chi connectivity index (χ2v) is 6.09. The van der Waals surface area contributed by atoms with Crippen LogP contribution in [0.4, 0.5) is 0 Å². The number of rotatable bonds is 3. The van der Waals surface area contributed by atoms with E-state index in [1.807, 2.05) is 33.1 Å². The van der Waals surface area contributed by atoms with Gasteiger partial charge in [-0.3, -0.25) is 0 Å². The standard InChI is InChI=1S/C15H19NOS/c1-10-5-6-11(2)13(7-10)15(4,17)8-14-16-12(3)9-18-14/h5-7,9,17H,8H2,1-4H3. The van der Waals surface area contributed by atoms with E-state index in [2.05, 4.69) is 23.2 Å². The fourth-order valence-corrected chi connectivity index (χ4v) is 3.11. The van der Waals surface area contributed by atoms with Crippen molar-refractivity contribution in [2.75, 3.05) is 0 Å². The van der Waals surface area contributed by atoms with Gasteiger partial charge in [0.2, 0.25) is 0 Å². The van der Waals surface area contributed by atoms with E-state index in [1.54, 1.807) is 11.3 Å². The number of hydrogen-bond donors (Lipinski definition) is 1. The average molecular weight is 261 g/mol. The molecule has 0 bridgehead atoms. The number of thiazole rings is 1. The number of nitrogens with zero attached hydrogens (tertiary/aromatic N) is 1. The minimum atomic E-state index is -0.861. The lowest BCUT2D eigenvalue weighted by molar-refractivity contribution is 0.0568. The normalized spacial score (nSPS) is 14.5. The summed E-state index contributed by atoms with van der Waals surface area (Å²) in [5.74, 6) is 0. The van der Waals surface area contributed by atoms with Gasteiger partial charge in [-0.05, 0) is 38.8 Å². The number of aryl methyl sites for hydroxylation is 3. The fraction of sp³-hybridized carbons (Fsp3) is 0.400. The van der Waals surface area contributed by atoms with Crippen LogP contribution in [0.3, 0.4) is 0 Å². The lowest BCUT2D eigenvalue weighted by atomic mass is 9.88. The molecule has 1 aromatic heterocycles. The van der Waals surface area contributed by atoms with Crippen LogP contribution in [0.5, 0.6) is 0 Å². The summed E-state index contributed by atoms with van der Waals surface area (Å²) in [7, 11) is 0. The van der Waals surface area contributed by atoms with Gasteiger partial charge in [0.1, 0.15) is 0 Å². The predicted molar refractivity (Wildman–Crippen MR) is 76.0 cm³/mol. The molecule has 96 valence electrons. The number of benzene rings is 1. The van der Waals surface area contributed by atoms with Crippen LogP contribution in [-0.4, -0.2) is 10.1 Å². The highest BCUT2D eigenvalue weighted by molar-refractivity contribution is 7.09. The molecule has 1 heterocycles. The van der Waals surface area contributed by atoms with Crippen molar-refractivity contribution < 1.29 is 5.11 Å². The van der Waals surface area contributed by atoms with Crippen molar-refractivity contribution in [1.82, 2.24) is 4.98 Å². The maximum atomic E-state index is 10.7. The van der Waals surface area contributed by atoms with Crippen molar-refractivity contribution in [3.8, 4) is 0 Å². The Morgan fingerprint density at radius 3 is 2.61 bits per heavy atom. The highest BCUT2D eigenvalue weighted by Crippen LogP contribution is 2.29. The molecule has 1 unspecified atom stereocenters. The van der Waals surface area contributed by atoms with Crippen LogP contribution in [0, 0.1) is 20.8 Å². The summed E-state index contributed by atoms with van der Waals surface area (Å²) in [5.41, 5.74) is 3.45. The molecule has 2 rings (SSSR count). The molecule has 0 saturated carbocycles. The predicted octanol–water partition coefficient (Wildman–Crippen LogP) is 3.52. The number of aliphatic hydroxyl groups is 1. The summed E-state index contributed by atoms with van der Waals surface area (Å²) in [6, 6.07) is 6.20. The van der Waals surface area contributed by atoms with Crippen LogP contribution in [0.2, 0.25) is 0 Å². The summed E-state index contributed by atoms with van der Waals surface area (Å²) in [4.78, 5) is 4.43. The molecule has 0 aliphatic rings. The fourth-order valence-electron chi connectivity index (χ4n) is 2.19. The molecule has 2 nitrogen and oxygen atoms in total. The Morgan fingerprint density at radius 2 is 2.00 bits per heavy atom. The third-order valence-electron chi connectivity index (χ3n) is 3.14. The van der Waals surface area contributed by atoms with E-state index in [4.69, 9.17) is 0 Å². The molecule has 0 aliphatic carbocycles. The van der Waals surface area contributed by atoms with Crippen LogP contribution >= 0.6 is 11.3 Å². The van der Waals surface area contributed by atoms with E-state index in [1.165, 1.54) is 5.56 Å². The van der Waals surface area contributed by atoms with Gasteiger partial charge >= 0.3 is 0 Å². The monoisotopic (exact) mass is 261 g/mol. The van der Waals surface area contributed by atoms with Crippen molar-refractivity contribution in [2.24, 2.45) is 0 Å². The highest BCUT2D eigenvalue weighted by atomic mass is 32.1. The van der Waals surface area contributed by atoms with Crippen LogP contribution in [0.15, 0.2) is 23.6 Å². The molecule has 2 aromatic rings. The van der Waals surface area contributed by atoms with Crippen molar-refractivity contribution in [3.05, 3.63) is 51.0 Å². The van der Waals surface area contributed by atoms with E-state index >= 15 is 0 Å². The molecule has 18 heavy (non-hydrogen) atoms. The zero-order chi connectivity index (χ0) is 13.3. The van der Waals surface area contributed by atoms with Crippen molar-refractivity contribution in [2.45, 2.75) is 39.7 Å². The minimum absolute atomic E-state index is 0.565. The molecule has 1 aromatic carbocycles. The van der Waals surface area contributed by atoms with Gasteiger partial charge in [-0.25, -0.2) is 4.98 Å². The van der Waals surface area contributed by atoms with Gasteiger partial charge in [-0.2, -0.15) is 0 Å². The van der Waals surface area contributed by atoms with Gasteiger partial charge in [0.15, 0.2) is 0 Å². The van der Waals surface area contributed by atoms with Gasteiger partial charge < -0.3 is 5.11 Å². The summed E-state index contributed by atoms with van der Waals surface area (Å²) >= 11 is 1.61. The Kier molecular flexibility index (Phi) is 3.55. The van der Waals surface area contributed by atoms with Crippen molar-refractivity contribution in [1.29, 1.82) is 0 Å². The van der Waals surface area contributed by atoms with Gasteiger partial charge in [-0.15, -0.1) is 11.3 Å². The molecular formula is C15H19NOS. The Hall–Kier alpha value is -1.19. The summed E-state index contributed by atoms with van der Waals surface area (Å²) < 4.78 is 0. The molecular weight excluding hydrogens is 242 g/mol. The summed E-state index contributed by atoms with van der Waals surface area (Å²) in [6.45, 7) is 7.93. The van der Waals surface area contributed by atoms with Gasteiger partial charge in [0.25, 0.3) is 0 Å². The van der Waals surface area contributed by atoms with Crippen LogP contribution in [0.1, 0.15) is 34.3 Å². The second kappa shape index (κ2) is 4.82. The SMILES string of the molecule is Cc1ccc(C)c(C(C)(O)Cc2nc(C)cs2)c1. The molecule has 1 atom stereocenters. The second-order valence-electron chi connectivity index (χ2n) is 5.15. The van der Waals surface area contributed by atoms with Crippen molar-refractivity contribution in [3.63, 3.8) is 0 Å². The first kappa shape index (κ1) is 13.2. The van der Waals surface area contributed by atoms with E-state index in [0.717, 1.165) is 21.8 Å². The molecule has 3 heteroatoms. The van der Waals surface area contributed by atoms with E-state index in [-0.39, 0.29) is 0 Å². The summed E-state index contributed by atoms with van der Waals surface area (Å²) in [6.07, 6.45) is 0.565. The lowest BCUT2D eigenvalue weighted by Crippen LogP contribution is -2.25. The van der Waals surface area contributed by atoms with Crippen LogP contribution < -0.4 is 0 Å². The Bertz CT molecular complexity index is 557. The smallest absolute Gasteiger partial charge is 0.0960 e. The molecule has 0 fully saturated rings. The maximum absolute atomic E-state index is 10.7. The third kappa shape index (κ3) is 2.79. The average Bonchev–Trinajstić information content (AvgIpc) is 2.66. The molecule has 0 spiro atoms. The van der Waals surface area contributed by atoms with Gasteiger partial charge in [0, 0.05) is 17.5 Å².